The van der Waals surface area contributed by atoms with E-state index in [1.54, 1.807) is 4.57 Å². The highest BCUT2D eigenvalue weighted by Crippen LogP contribution is 2.38. The maximum absolute atomic E-state index is 14.2. The molecule has 0 saturated carbocycles. The number of aromatic nitrogens is 2. The molecule has 0 atom stereocenters. The van der Waals surface area contributed by atoms with E-state index in [1.165, 1.54) is 0 Å². The second kappa shape index (κ2) is 10.7. The van der Waals surface area contributed by atoms with Gasteiger partial charge in [0.1, 0.15) is 28.2 Å². The molecule has 7 aromatic carbocycles. The molecular weight excluding hydrogens is 604 g/mol. The summed E-state index contributed by atoms with van der Waals surface area (Å²) in [7, 11) is 0. The Morgan fingerprint density at radius 3 is 1.49 bits per heavy atom. The molecule has 49 heavy (non-hydrogen) atoms. The largest absolute Gasteiger partial charge is 0.455 e. The van der Waals surface area contributed by atoms with Crippen LogP contribution in [0.3, 0.4) is 0 Å². The Morgan fingerprint density at radius 2 is 0.898 bits per heavy atom. The van der Waals surface area contributed by atoms with E-state index in [9.17, 15) is 4.79 Å². The summed E-state index contributed by atoms with van der Waals surface area (Å²) in [6, 6.07) is 52.4. The molecule has 0 spiro atoms. The minimum atomic E-state index is -0.121. The van der Waals surface area contributed by atoms with Crippen molar-refractivity contribution in [3.8, 4) is 39.3 Å². The van der Waals surface area contributed by atoms with Gasteiger partial charge in [-0.1, -0.05) is 121 Å². The van der Waals surface area contributed by atoms with Crippen LogP contribution in [-0.2, 0) is 0 Å². The van der Waals surface area contributed by atoms with Crippen molar-refractivity contribution in [1.29, 1.82) is 0 Å². The molecule has 5 heteroatoms. The fourth-order valence-electron chi connectivity index (χ4n) is 7.10. The van der Waals surface area contributed by atoms with Gasteiger partial charge in [0.2, 0.25) is 0 Å². The van der Waals surface area contributed by atoms with Gasteiger partial charge < -0.3 is 8.83 Å². The number of nitrogens with zero attached hydrogens (tertiary/aromatic N) is 2. The van der Waals surface area contributed by atoms with Gasteiger partial charge in [-0.25, -0.2) is 4.98 Å². The lowest BCUT2D eigenvalue weighted by Crippen LogP contribution is -2.21. The van der Waals surface area contributed by atoms with Crippen LogP contribution in [0.15, 0.2) is 171 Å². The van der Waals surface area contributed by atoms with Gasteiger partial charge in [-0.15, -0.1) is 0 Å². The molecule has 0 amide bonds. The molecule has 0 unspecified atom stereocenters. The Bertz CT molecular complexity index is 2950. The SMILES string of the molecule is O=c1c2ccccc2nc(-c2ccc(-c3cccc4c3oc3ccccc34)cc2)n1-c1ccc(-c2cccc3c2oc2ccccc23)cc1. The molecule has 10 rings (SSSR count). The van der Waals surface area contributed by atoms with Crippen LogP contribution < -0.4 is 5.56 Å². The summed E-state index contributed by atoms with van der Waals surface area (Å²) in [5.41, 5.74) is 9.57. The molecule has 0 N–H and O–H groups in total. The molecule has 10 aromatic rings. The Labute approximate surface area is 279 Å². The lowest BCUT2D eigenvalue weighted by atomic mass is 10.0. The van der Waals surface area contributed by atoms with E-state index < -0.39 is 0 Å². The zero-order valence-electron chi connectivity index (χ0n) is 26.1. The number of fused-ring (bicyclic) bond motifs is 7. The van der Waals surface area contributed by atoms with Crippen molar-refractivity contribution in [3.63, 3.8) is 0 Å². The van der Waals surface area contributed by atoms with Crippen molar-refractivity contribution in [3.05, 3.63) is 168 Å². The van der Waals surface area contributed by atoms with Crippen LogP contribution in [0.1, 0.15) is 0 Å². The first-order valence-electron chi connectivity index (χ1n) is 16.3. The monoisotopic (exact) mass is 630 g/mol. The predicted molar refractivity (Wildman–Crippen MR) is 198 cm³/mol. The van der Waals surface area contributed by atoms with Gasteiger partial charge in [0.15, 0.2) is 0 Å². The molecule has 3 heterocycles. The highest BCUT2D eigenvalue weighted by Gasteiger charge is 2.17. The van der Waals surface area contributed by atoms with E-state index in [1.807, 2.05) is 97.1 Å². The quantitative estimate of drug-likeness (QED) is 0.194. The van der Waals surface area contributed by atoms with Gasteiger partial charge in [-0.05, 0) is 47.5 Å². The number of para-hydroxylation sites is 5. The highest BCUT2D eigenvalue weighted by molar-refractivity contribution is 6.10. The van der Waals surface area contributed by atoms with Crippen LogP contribution >= 0.6 is 0 Å². The van der Waals surface area contributed by atoms with Gasteiger partial charge in [0, 0.05) is 38.2 Å². The summed E-state index contributed by atoms with van der Waals surface area (Å²) >= 11 is 0. The van der Waals surface area contributed by atoms with Gasteiger partial charge in [-0.2, -0.15) is 0 Å². The standard InChI is InChI=1S/C44H26N2O3/c47-44-37-11-1-4-16-38(37)45-43(29-21-19-27(20-22-29)31-12-7-14-35-33-9-2-5-17-39(33)48-41(31)35)46(44)30-25-23-28(24-26-30)32-13-8-15-36-34-10-3-6-18-40(34)49-42(32)36/h1-26H. The van der Waals surface area contributed by atoms with Crippen molar-refractivity contribution in [1.82, 2.24) is 9.55 Å². The van der Waals surface area contributed by atoms with Crippen molar-refractivity contribution in [2.24, 2.45) is 0 Å². The third kappa shape index (κ3) is 4.26. The van der Waals surface area contributed by atoms with Crippen molar-refractivity contribution < 1.29 is 8.83 Å². The number of furan rings is 2. The first-order chi connectivity index (χ1) is 24.2. The van der Waals surface area contributed by atoms with E-state index in [2.05, 4.69) is 60.7 Å². The molecule has 3 aromatic heterocycles. The van der Waals surface area contributed by atoms with Crippen LogP contribution in [0.4, 0.5) is 0 Å². The smallest absolute Gasteiger partial charge is 0.266 e. The molecule has 0 aliphatic rings. The molecule has 5 nitrogen and oxygen atoms in total. The summed E-state index contributed by atoms with van der Waals surface area (Å²) in [5.74, 6) is 0.573. The summed E-state index contributed by atoms with van der Waals surface area (Å²) in [6.45, 7) is 0. The van der Waals surface area contributed by atoms with Crippen LogP contribution in [0.2, 0.25) is 0 Å². The summed E-state index contributed by atoms with van der Waals surface area (Å²) in [6.07, 6.45) is 0. The number of hydrogen-bond acceptors (Lipinski definition) is 4. The van der Waals surface area contributed by atoms with Crippen molar-refractivity contribution in [2.75, 3.05) is 0 Å². The van der Waals surface area contributed by atoms with E-state index in [0.717, 1.165) is 77.4 Å². The Hall–Kier alpha value is -6.72. The number of rotatable bonds is 4. The molecule has 0 fully saturated rings. The number of benzene rings is 7. The molecule has 230 valence electrons. The van der Waals surface area contributed by atoms with Crippen LogP contribution in [0, 0.1) is 0 Å². The molecule has 0 aliphatic heterocycles. The van der Waals surface area contributed by atoms with Gasteiger partial charge in [0.25, 0.3) is 5.56 Å². The second-order valence-electron chi connectivity index (χ2n) is 12.3. The normalized spacial score (nSPS) is 11.8. The summed E-state index contributed by atoms with van der Waals surface area (Å²) < 4.78 is 14.3. The van der Waals surface area contributed by atoms with Crippen molar-refractivity contribution in [2.45, 2.75) is 0 Å². The fourth-order valence-corrected chi connectivity index (χ4v) is 7.10. The zero-order valence-corrected chi connectivity index (χ0v) is 26.1. The molecular formula is C44H26N2O3. The van der Waals surface area contributed by atoms with Crippen molar-refractivity contribution >= 4 is 54.8 Å². The third-order valence-corrected chi connectivity index (χ3v) is 9.47. The minimum Gasteiger partial charge on any atom is -0.455 e. The average molecular weight is 631 g/mol. The van der Waals surface area contributed by atoms with Crippen LogP contribution in [-0.4, -0.2) is 9.55 Å². The third-order valence-electron chi connectivity index (χ3n) is 9.47. The lowest BCUT2D eigenvalue weighted by molar-refractivity contribution is 0.669. The second-order valence-corrected chi connectivity index (χ2v) is 12.3. The lowest BCUT2D eigenvalue weighted by Gasteiger charge is -2.15. The zero-order chi connectivity index (χ0) is 32.5. The molecule has 0 aliphatic carbocycles. The van der Waals surface area contributed by atoms with E-state index >= 15 is 0 Å². The van der Waals surface area contributed by atoms with Crippen LogP contribution in [0.5, 0.6) is 0 Å². The maximum Gasteiger partial charge on any atom is 0.266 e. The minimum absolute atomic E-state index is 0.121. The first kappa shape index (κ1) is 27.4. The summed E-state index contributed by atoms with van der Waals surface area (Å²) in [5, 5.41) is 4.92. The fraction of sp³-hybridized carbons (Fsp3) is 0. The molecule has 0 saturated heterocycles. The maximum atomic E-state index is 14.2. The first-order valence-corrected chi connectivity index (χ1v) is 16.3. The summed E-state index contributed by atoms with van der Waals surface area (Å²) in [4.78, 5) is 19.2. The van der Waals surface area contributed by atoms with E-state index in [4.69, 9.17) is 13.8 Å². The van der Waals surface area contributed by atoms with E-state index in [0.29, 0.717) is 16.7 Å². The Balaban J connectivity index is 1.09. The Kier molecular flexibility index (Phi) is 5.96. The Morgan fingerprint density at radius 1 is 0.429 bits per heavy atom. The topological polar surface area (TPSA) is 61.2 Å². The van der Waals surface area contributed by atoms with Crippen LogP contribution in [0.25, 0.3) is 94.1 Å². The van der Waals surface area contributed by atoms with Gasteiger partial charge >= 0.3 is 0 Å². The van der Waals surface area contributed by atoms with Gasteiger partial charge in [0.05, 0.1) is 16.6 Å². The van der Waals surface area contributed by atoms with E-state index in [-0.39, 0.29) is 5.56 Å². The molecule has 0 bridgehead atoms. The average Bonchev–Trinajstić information content (AvgIpc) is 3.74. The van der Waals surface area contributed by atoms with Gasteiger partial charge in [-0.3, -0.25) is 9.36 Å². The number of hydrogen-bond donors (Lipinski definition) is 0. The highest BCUT2D eigenvalue weighted by atomic mass is 16.3. The predicted octanol–water partition coefficient (Wildman–Crippen LogP) is 11.2. The molecule has 0 radical (unpaired) electrons.